The molecule has 102 valence electrons. The Labute approximate surface area is 116 Å². The van der Waals surface area contributed by atoms with Crippen LogP contribution in [-0.2, 0) is 9.59 Å². The second-order valence-corrected chi connectivity index (χ2v) is 4.75. The van der Waals surface area contributed by atoms with Gasteiger partial charge in [-0.1, -0.05) is 18.2 Å². The first kappa shape index (κ1) is 12.6. The van der Waals surface area contributed by atoms with Crippen molar-refractivity contribution >= 4 is 22.6 Å². The van der Waals surface area contributed by atoms with Crippen molar-refractivity contribution in [2.75, 3.05) is 0 Å². The fourth-order valence-electron chi connectivity index (χ4n) is 2.29. The summed E-state index contributed by atoms with van der Waals surface area (Å²) >= 11 is 0. The Balaban J connectivity index is 1.89. The number of pyridine rings is 1. The molecule has 1 aromatic carbocycles. The first-order chi connectivity index (χ1) is 9.74. The number of carbonyl (C=O) groups is 2. The molecule has 1 fully saturated rings. The van der Waals surface area contributed by atoms with Crippen LogP contribution < -0.4 is 10.1 Å². The number of imide groups is 1. The molecule has 0 aliphatic carbocycles. The molecule has 1 aliphatic rings. The van der Waals surface area contributed by atoms with Crippen LogP contribution in [0.15, 0.2) is 36.5 Å². The van der Waals surface area contributed by atoms with Crippen LogP contribution in [0.2, 0.25) is 0 Å². The normalized spacial score (nSPS) is 19.5. The van der Waals surface area contributed by atoms with Crippen molar-refractivity contribution in [2.24, 2.45) is 0 Å². The lowest BCUT2D eigenvalue weighted by Crippen LogP contribution is -2.39. The van der Waals surface area contributed by atoms with E-state index in [9.17, 15) is 9.59 Å². The summed E-state index contributed by atoms with van der Waals surface area (Å²) < 4.78 is 5.73. The number of hydrogen-bond acceptors (Lipinski definition) is 4. The molecule has 20 heavy (non-hydrogen) atoms. The summed E-state index contributed by atoms with van der Waals surface area (Å²) in [6.45, 7) is 0. The molecule has 5 heteroatoms. The minimum atomic E-state index is -0.667. The Morgan fingerprint density at radius 3 is 2.95 bits per heavy atom. The van der Waals surface area contributed by atoms with Gasteiger partial charge in [-0.3, -0.25) is 14.9 Å². The molecule has 1 N–H and O–H groups in total. The molecule has 2 amide bonds. The molecule has 3 rings (SSSR count). The number of fused-ring (bicyclic) bond motifs is 1. The summed E-state index contributed by atoms with van der Waals surface area (Å²) in [5, 5.41) is 4.19. The van der Waals surface area contributed by atoms with E-state index in [0.717, 1.165) is 10.8 Å². The molecule has 1 atom stereocenters. The Kier molecular flexibility index (Phi) is 3.33. The highest BCUT2D eigenvalue weighted by Gasteiger charge is 2.26. The van der Waals surface area contributed by atoms with Crippen molar-refractivity contribution in [3.05, 3.63) is 36.5 Å². The van der Waals surface area contributed by atoms with Crippen LogP contribution in [0.4, 0.5) is 0 Å². The van der Waals surface area contributed by atoms with E-state index >= 15 is 0 Å². The van der Waals surface area contributed by atoms with Crippen LogP contribution in [0, 0.1) is 0 Å². The van der Waals surface area contributed by atoms with Crippen LogP contribution in [0.25, 0.3) is 10.8 Å². The zero-order chi connectivity index (χ0) is 13.9. The summed E-state index contributed by atoms with van der Waals surface area (Å²) in [7, 11) is 0. The average molecular weight is 270 g/mol. The molecule has 2 heterocycles. The van der Waals surface area contributed by atoms with Crippen molar-refractivity contribution in [3.63, 3.8) is 0 Å². The number of rotatable bonds is 2. The number of ether oxygens (including phenoxy) is 1. The standard InChI is InChI=1S/C15H14N2O3/c18-13-7-3-6-12(14(19)17-13)20-15-11-5-2-1-4-10(11)8-9-16-15/h1-2,4-5,8-9,12H,3,6-7H2,(H,17,18,19). The summed E-state index contributed by atoms with van der Waals surface area (Å²) in [5.74, 6) is -0.202. The SMILES string of the molecule is O=C1CCCC(Oc2nccc3ccccc23)C(=O)N1. The smallest absolute Gasteiger partial charge is 0.267 e. The molecule has 0 spiro atoms. The van der Waals surface area contributed by atoms with Crippen molar-refractivity contribution in [1.82, 2.24) is 10.3 Å². The number of nitrogens with one attached hydrogen (secondary N) is 1. The van der Waals surface area contributed by atoms with Gasteiger partial charge in [0.05, 0.1) is 0 Å². The summed E-state index contributed by atoms with van der Waals surface area (Å²) in [5.41, 5.74) is 0. The van der Waals surface area contributed by atoms with Crippen molar-refractivity contribution < 1.29 is 14.3 Å². The first-order valence-corrected chi connectivity index (χ1v) is 6.58. The van der Waals surface area contributed by atoms with Gasteiger partial charge in [0.25, 0.3) is 5.91 Å². The number of carbonyl (C=O) groups excluding carboxylic acids is 2. The quantitative estimate of drug-likeness (QED) is 0.845. The van der Waals surface area contributed by atoms with Crippen LogP contribution in [-0.4, -0.2) is 22.9 Å². The minimum Gasteiger partial charge on any atom is -0.464 e. The molecule has 0 radical (unpaired) electrons. The fraction of sp³-hybridized carbons (Fsp3) is 0.267. The topological polar surface area (TPSA) is 68.3 Å². The lowest BCUT2D eigenvalue weighted by Gasteiger charge is -2.15. The maximum atomic E-state index is 11.9. The highest BCUT2D eigenvalue weighted by atomic mass is 16.5. The number of nitrogens with zero attached hydrogens (tertiary/aromatic N) is 1. The fourth-order valence-corrected chi connectivity index (χ4v) is 2.29. The summed E-state index contributed by atoms with van der Waals surface area (Å²) in [6, 6.07) is 9.58. The van der Waals surface area contributed by atoms with E-state index < -0.39 is 6.10 Å². The second-order valence-electron chi connectivity index (χ2n) is 4.75. The molecular weight excluding hydrogens is 256 g/mol. The van der Waals surface area contributed by atoms with Crippen molar-refractivity contribution in [1.29, 1.82) is 0 Å². The van der Waals surface area contributed by atoms with Gasteiger partial charge < -0.3 is 4.74 Å². The van der Waals surface area contributed by atoms with E-state index in [0.29, 0.717) is 25.1 Å². The van der Waals surface area contributed by atoms with Gasteiger partial charge in [-0.05, 0) is 30.4 Å². The Morgan fingerprint density at radius 2 is 2.05 bits per heavy atom. The first-order valence-electron chi connectivity index (χ1n) is 6.58. The van der Waals surface area contributed by atoms with Crippen LogP contribution in [0.1, 0.15) is 19.3 Å². The van der Waals surface area contributed by atoms with Crippen LogP contribution >= 0.6 is 0 Å². The predicted octanol–water partition coefficient (Wildman–Crippen LogP) is 1.81. The highest BCUT2D eigenvalue weighted by molar-refractivity contribution is 5.98. The maximum Gasteiger partial charge on any atom is 0.267 e. The Bertz CT molecular complexity index is 664. The van der Waals surface area contributed by atoms with Gasteiger partial charge in [0.15, 0.2) is 6.10 Å². The predicted molar refractivity (Wildman–Crippen MR) is 73.2 cm³/mol. The average Bonchev–Trinajstić information content (AvgIpc) is 2.61. The number of benzene rings is 1. The largest absolute Gasteiger partial charge is 0.464 e. The third-order valence-corrected chi connectivity index (χ3v) is 3.32. The van der Waals surface area contributed by atoms with Crippen molar-refractivity contribution in [3.8, 4) is 5.88 Å². The molecule has 1 aliphatic heterocycles. The van der Waals surface area contributed by atoms with E-state index in [2.05, 4.69) is 10.3 Å². The number of amides is 2. The molecule has 0 bridgehead atoms. The molecule has 5 nitrogen and oxygen atoms in total. The van der Waals surface area contributed by atoms with E-state index in [1.54, 1.807) is 6.20 Å². The van der Waals surface area contributed by atoms with Gasteiger partial charge >= 0.3 is 0 Å². The molecule has 2 aromatic rings. The van der Waals surface area contributed by atoms with E-state index in [-0.39, 0.29) is 11.8 Å². The summed E-state index contributed by atoms with van der Waals surface area (Å²) in [6.07, 6.45) is 2.49. The highest BCUT2D eigenvalue weighted by Crippen LogP contribution is 2.24. The molecule has 0 saturated carbocycles. The van der Waals surface area contributed by atoms with Crippen LogP contribution in [0.3, 0.4) is 0 Å². The Hall–Kier alpha value is -2.43. The molecule has 1 aromatic heterocycles. The van der Waals surface area contributed by atoms with Gasteiger partial charge in [0.1, 0.15) is 0 Å². The van der Waals surface area contributed by atoms with Gasteiger partial charge in [-0.25, -0.2) is 4.98 Å². The summed E-state index contributed by atoms with van der Waals surface area (Å²) in [4.78, 5) is 27.4. The van der Waals surface area contributed by atoms with E-state index in [1.807, 2.05) is 30.3 Å². The van der Waals surface area contributed by atoms with Gasteiger partial charge in [-0.2, -0.15) is 0 Å². The molecule has 1 saturated heterocycles. The third-order valence-electron chi connectivity index (χ3n) is 3.32. The van der Waals surface area contributed by atoms with E-state index in [1.165, 1.54) is 0 Å². The van der Waals surface area contributed by atoms with E-state index in [4.69, 9.17) is 4.74 Å². The minimum absolute atomic E-state index is 0.244. The second kappa shape index (κ2) is 5.28. The maximum absolute atomic E-state index is 11.9. The number of aromatic nitrogens is 1. The molecule has 1 unspecified atom stereocenters. The number of hydrogen-bond donors (Lipinski definition) is 1. The van der Waals surface area contributed by atoms with Gasteiger partial charge in [-0.15, -0.1) is 0 Å². The third kappa shape index (κ3) is 2.47. The van der Waals surface area contributed by atoms with Crippen LogP contribution in [0.5, 0.6) is 5.88 Å². The zero-order valence-corrected chi connectivity index (χ0v) is 10.8. The monoisotopic (exact) mass is 270 g/mol. The zero-order valence-electron chi connectivity index (χ0n) is 10.8. The molecular formula is C15H14N2O3. The lowest BCUT2D eigenvalue weighted by atomic mass is 10.1. The lowest BCUT2D eigenvalue weighted by molar-refractivity contribution is -0.133. The Morgan fingerprint density at radius 1 is 1.20 bits per heavy atom. The van der Waals surface area contributed by atoms with Gasteiger partial charge in [0, 0.05) is 18.0 Å². The van der Waals surface area contributed by atoms with Crippen molar-refractivity contribution in [2.45, 2.75) is 25.4 Å². The van der Waals surface area contributed by atoms with Gasteiger partial charge in [0.2, 0.25) is 11.8 Å².